The molecule has 1 aromatic heterocycles. The first-order valence-corrected chi connectivity index (χ1v) is 10.3. The monoisotopic (exact) mass is 383 g/mol. The summed E-state index contributed by atoms with van der Waals surface area (Å²) < 4.78 is 0. The van der Waals surface area contributed by atoms with E-state index in [0.29, 0.717) is 6.42 Å². The van der Waals surface area contributed by atoms with Crippen molar-refractivity contribution in [2.24, 2.45) is 10.4 Å². The minimum atomic E-state index is 0.0832. The van der Waals surface area contributed by atoms with Crippen molar-refractivity contribution in [2.45, 2.75) is 47.5 Å². The van der Waals surface area contributed by atoms with Gasteiger partial charge in [-0.3, -0.25) is 4.99 Å². The topological polar surface area (TPSA) is 57.5 Å². The molecule has 2 N–H and O–H groups in total. The van der Waals surface area contributed by atoms with Gasteiger partial charge in [0.15, 0.2) is 0 Å². The number of nitrogens with one attached hydrogen (secondary N) is 1. The lowest BCUT2D eigenvalue weighted by molar-refractivity contribution is 0.299. The van der Waals surface area contributed by atoms with Gasteiger partial charge in [0.05, 0.1) is 29.1 Å². The zero-order valence-corrected chi connectivity index (χ0v) is 17.7. The van der Waals surface area contributed by atoms with Crippen LogP contribution in [0.25, 0.3) is 5.70 Å². The van der Waals surface area contributed by atoms with E-state index in [9.17, 15) is 5.11 Å². The van der Waals surface area contributed by atoms with Crippen molar-refractivity contribution in [2.75, 3.05) is 13.2 Å². The number of hydrogen-bond donors (Lipinski definition) is 2. The number of aromatic nitrogens is 1. The summed E-state index contributed by atoms with van der Waals surface area (Å²) in [4.78, 5) is 9.47. The number of benzene rings is 1. The van der Waals surface area contributed by atoms with Gasteiger partial charge in [-0.25, -0.2) is 4.98 Å². The second-order valence-corrected chi connectivity index (χ2v) is 9.15. The highest BCUT2D eigenvalue weighted by Crippen LogP contribution is 2.25. The standard InChI is InChI=1S/C22H29N3OS/c1-14-9-17(15(2)8-16(14)6-7-26)10-21-25-19(13-27-21)18-11-24-20(12-23-18)22(3,4)5/h8-9,11,13,23,26H,6-7,10,12H2,1-5H3. The van der Waals surface area contributed by atoms with E-state index in [2.05, 4.69) is 62.4 Å². The van der Waals surface area contributed by atoms with E-state index in [-0.39, 0.29) is 12.0 Å². The molecule has 3 rings (SSSR count). The fourth-order valence-electron chi connectivity index (χ4n) is 3.22. The van der Waals surface area contributed by atoms with E-state index >= 15 is 0 Å². The molecule has 1 aliphatic heterocycles. The molecule has 0 saturated heterocycles. The Labute approximate surface area is 166 Å². The summed E-state index contributed by atoms with van der Waals surface area (Å²) in [6.45, 7) is 11.8. The zero-order valence-electron chi connectivity index (χ0n) is 16.9. The van der Waals surface area contributed by atoms with Crippen molar-refractivity contribution in [1.29, 1.82) is 0 Å². The van der Waals surface area contributed by atoms with Crippen LogP contribution in [0.5, 0.6) is 0 Å². The molecule has 2 heterocycles. The fraction of sp³-hybridized carbons (Fsp3) is 0.455. The van der Waals surface area contributed by atoms with Crippen LogP contribution in [0.15, 0.2) is 28.7 Å². The second-order valence-electron chi connectivity index (χ2n) is 8.20. The van der Waals surface area contributed by atoms with Crippen LogP contribution in [-0.4, -0.2) is 29.0 Å². The van der Waals surface area contributed by atoms with E-state index in [0.717, 1.165) is 35.1 Å². The molecule has 4 nitrogen and oxygen atoms in total. The lowest BCUT2D eigenvalue weighted by Gasteiger charge is -2.25. The third-order valence-electron chi connectivity index (χ3n) is 5.01. The van der Waals surface area contributed by atoms with Crippen LogP contribution in [0.3, 0.4) is 0 Å². The highest BCUT2D eigenvalue weighted by molar-refractivity contribution is 7.09. The summed E-state index contributed by atoms with van der Waals surface area (Å²) in [7, 11) is 0. The predicted octanol–water partition coefficient (Wildman–Crippen LogP) is 4.27. The first kappa shape index (κ1) is 19.8. The van der Waals surface area contributed by atoms with E-state index in [1.54, 1.807) is 11.3 Å². The number of nitrogens with zero attached hydrogens (tertiary/aromatic N) is 2. The first-order chi connectivity index (χ1) is 12.8. The maximum Gasteiger partial charge on any atom is 0.0989 e. The van der Waals surface area contributed by atoms with E-state index in [1.165, 1.54) is 22.3 Å². The highest BCUT2D eigenvalue weighted by Gasteiger charge is 2.21. The van der Waals surface area contributed by atoms with Gasteiger partial charge in [-0.2, -0.15) is 0 Å². The van der Waals surface area contributed by atoms with Crippen molar-refractivity contribution in [1.82, 2.24) is 10.3 Å². The molecule has 144 valence electrons. The van der Waals surface area contributed by atoms with Crippen LogP contribution in [0.4, 0.5) is 0 Å². The van der Waals surface area contributed by atoms with Crippen LogP contribution >= 0.6 is 11.3 Å². The molecular weight excluding hydrogens is 354 g/mol. The SMILES string of the molecule is Cc1cc(Cc2nc(C3=CN=C(C(C)(C)C)CN3)cs2)c(C)cc1CCO. The van der Waals surface area contributed by atoms with Crippen LogP contribution in [0.2, 0.25) is 0 Å². The molecule has 1 aromatic carbocycles. The molecule has 5 heteroatoms. The van der Waals surface area contributed by atoms with E-state index < -0.39 is 0 Å². The Morgan fingerprint density at radius 3 is 2.48 bits per heavy atom. The number of aliphatic hydroxyl groups is 1. The smallest absolute Gasteiger partial charge is 0.0989 e. The predicted molar refractivity (Wildman–Crippen MR) is 114 cm³/mol. The van der Waals surface area contributed by atoms with Gasteiger partial charge in [0.25, 0.3) is 0 Å². The Bertz CT molecular complexity index is 887. The molecular formula is C22H29N3OS. The fourth-order valence-corrected chi connectivity index (χ4v) is 4.04. The summed E-state index contributed by atoms with van der Waals surface area (Å²) >= 11 is 1.69. The minimum Gasteiger partial charge on any atom is -0.396 e. The Morgan fingerprint density at radius 1 is 1.15 bits per heavy atom. The number of aryl methyl sites for hydroxylation is 2. The molecule has 0 amide bonds. The highest BCUT2D eigenvalue weighted by atomic mass is 32.1. The Kier molecular flexibility index (Phi) is 5.82. The number of aliphatic imine (C=N–C) groups is 1. The molecule has 0 atom stereocenters. The van der Waals surface area contributed by atoms with Crippen LogP contribution < -0.4 is 5.32 Å². The zero-order chi connectivity index (χ0) is 19.6. The molecule has 1 aliphatic rings. The largest absolute Gasteiger partial charge is 0.396 e. The summed E-state index contributed by atoms with van der Waals surface area (Å²) in [5, 5.41) is 15.9. The third kappa shape index (κ3) is 4.66. The van der Waals surface area contributed by atoms with Gasteiger partial charge in [-0.1, -0.05) is 32.9 Å². The summed E-state index contributed by atoms with van der Waals surface area (Å²) in [6.07, 6.45) is 3.45. The Hall–Kier alpha value is -1.98. The van der Waals surface area contributed by atoms with Crippen LogP contribution in [-0.2, 0) is 12.8 Å². The average Bonchev–Trinajstić information content (AvgIpc) is 3.07. The van der Waals surface area contributed by atoms with Gasteiger partial charge in [0, 0.05) is 29.5 Å². The molecule has 0 saturated carbocycles. The van der Waals surface area contributed by atoms with Crippen molar-refractivity contribution in [3.8, 4) is 0 Å². The van der Waals surface area contributed by atoms with Gasteiger partial charge in [0.2, 0.25) is 0 Å². The van der Waals surface area contributed by atoms with Gasteiger partial charge in [-0.05, 0) is 42.5 Å². The van der Waals surface area contributed by atoms with Crippen molar-refractivity contribution >= 4 is 22.7 Å². The van der Waals surface area contributed by atoms with Gasteiger partial charge in [0.1, 0.15) is 0 Å². The lowest BCUT2D eigenvalue weighted by atomic mass is 9.89. The van der Waals surface area contributed by atoms with Crippen LogP contribution in [0.1, 0.15) is 53.7 Å². The van der Waals surface area contributed by atoms with Gasteiger partial charge < -0.3 is 10.4 Å². The Balaban J connectivity index is 1.77. The number of hydrogen-bond acceptors (Lipinski definition) is 5. The summed E-state index contributed by atoms with van der Waals surface area (Å²) in [5.74, 6) is 0. The summed E-state index contributed by atoms with van der Waals surface area (Å²) in [5.41, 5.74) is 8.24. The quantitative estimate of drug-likeness (QED) is 0.810. The number of rotatable bonds is 5. The molecule has 0 unspecified atom stereocenters. The molecule has 0 radical (unpaired) electrons. The molecule has 0 fully saturated rings. The van der Waals surface area contributed by atoms with Crippen molar-refractivity contribution < 1.29 is 5.11 Å². The number of thiazole rings is 1. The average molecular weight is 384 g/mol. The van der Waals surface area contributed by atoms with Gasteiger partial charge >= 0.3 is 0 Å². The van der Waals surface area contributed by atoms with E-state index in [1.807, 2.05) is 6.20 Å². The second kappa shape index (κ2) is 7.95. The first-order valence-electron chi connectivity index (χ1n) is 9.43. The molecule has 0 bridgehead atoms. The minimum absolute atomic E-state index is 0.0832. The van der Waals surface area contributed by atoms with Crippen molar-refractivity contribution in [3.05, 3.63) is 56.7 Å². The molecule has 0 spiro atoms. The molecule has 27 heavy (non-hydrogen) atoms. The normalized spacial score (nSPS) is 14.6. The van der Waals surface area contributed by atoms with Crippen molar-refractivity contribution in [3.63, 3.8) is 0 Å². The number of aliphatic hydroxyl groups excluding tert-OH is 1. The maximum absolute atomic E-state index is 9.20. The van der Waals surface area contributed by atoms with Crippen LogP contribution in [0, 0.1) is 19.3 Å². The summed E-state index contributed by atoms with van der Waals surface area (Å²) in [6, 6.07) is 4.43. The molecule has 0 aliphatic carbocycles. The van der Waals surface area contributed by atoms with E-state index in [4.69, 9.17) is 4.98 Å². The Morgan fingerprint density at radius 2 is 1.85 bits per heavy atom. The molecule has 2 aromatic rings. The third-order valence-corrected chi connectivity index (χ3v) is 5.86. The lowest BCUT2D eigenvalue weighted by Crippen LogP contribution is -2.33. The van der Waals surface area contributed by atoms with Gasteiger partial charge in [-0.15, -0.1) is 11.3 Å². The maximum atomic E-state index is 9.20.